The molecule has 1 heteroatoms. The zero-order chi connectivity index (χ0) is 12.4. The number of hydrogen-bond acceptors (Lipinski definition) is 1. The van der Waals surface area contributed by atoms with Crippen molar-refractivity contribution < 1.29 is 0 Å². The molecular formula is C17H16S. The van der Waals surface area contributed by atoms with Crippen LogP contribution < -0.4 is 0 Å². The zero-order valence-corrected chi connectivity index (χ0v) is 11.3. The molecule has 0 saturated carbocycles. The van der Waals surface area contributed by atoms with Crippen LogP contribution in [0.25, 0.3) is 21.5 Å². The van der Waals surface area contributed by atoms with Crippen molar-refractivity contribution in [1.82, 2.24) is 0 Å². The highest BCUT2D eigenvalue weighted by Gasteiger charge is 2.03. The summed E-state index contributed by atoms with van der Waals surface area (Å²) in [5, 5.41) is 5.38. The van der Waals surface area contributed by atoms with E-state index in [1.165, 1.54) is 38.6 Å². The highest BCUT2D eigenvalue weighted by atomic mass is 32.2. The van der Waals surface area contributed by atoms with Crippen LogP contribution in [0.4, 0.5) is 0 Å². The van der Waals surface area contributed by atoms with E-state index in [1.54, 1.807) is 0 Å². The Labute approximate surface area is 112 Å². The second kappa shape index (κ2) is 5.03. The van der Waals surface area contributed by atoms with Gasteiger partial charge in [-0.2, -0.15) is 0 Å². The van der Waals surface area contributed by atoms with E-state index >= 15 is 0 Å². The molecule has 0 radical (unpaired) electrons. The van der Waals surface area contributed by atoms with E-state index in [2.05, 4.69) is 61.5 Å². The molecule has 0 fully saturated rings. The Morgan fingerprint density at radius 1 is 0.833 bits per heavy atom. The molecular weight excluding hydrogens is 236 g/mol. The standard InChI is InChI=1S/C17H16S/c1-2-10-18-17-9-5-8-15-11-13-6-3-4-7-14(13)12-16(15)17/h3-9,11-12H,2,10H2,1H3. The quantitative estimate of drug-likeness (QED) is 0.438. The van der Waals surface area contributed by atoms with Gasteiger partial charge in [0.25, 0.3) is 0 Å². The first-order valence-corrected chi connectivity index (χ1v) is 7.41. The van der Waals surface area contributed by atoms with Crippen LogP contribution in [0.1, 0.15) is 13.3 Å². The summed E-state index contributed by atoms with van der Waals surface area (Å²) in [5.74, 6) is 1.19. The molecule has 3 aromatic carbocycles. The van der Waals surface area contributed by atoms with Gasteiger partial charge in [0.1, 0.15) is 0 Å². The van der Waals surface area contributed by atoms with Crippen molar-refractivity contribution in [3.05, 3.63) is 54.6 Å². The largest absolute Gasteiger partial charge is 0.126 e. The highest BCUT2D eigenvalue weighted by Crippen LogP contribution is 2.31. The fourth-order valence-electron chi connectivity index (χ4n) is 2.28. The van der Waals surface area contributed by atoms with Gasteiger partial charge in [0.15, 0.2) is 0 Å². The van der Waals surface area contributed by atoms with Gasteiger partial charge in [-0.15, -0.1) is 11.8 Å². The van der Waals surface area contributed by atoms with Crippen LogP contribution in [0.3, 0.4) is 0 Å². The maximum Gasteiger partial charge on any atom is 0.0151 e. The molecule has 0 aliphatic carbocycles. The van der Waals surface area contributed by atoms with Crippen LogP contribution in [-0.2, 0) is 0 Å². The molecule has 90 valence electrons. The summed E-state index contributed by atoms with van der Waals surface area (Å²) in [4.78, 5) is 1.40. The lowest BCUT2D eigenvalue weighted by molar-refractivity contribution is 1.11. The third-order valence-electron chi connectivity index (χ3n) is 3.17. The maximum atomic E-state index is 2.32. The van der Waals surface area contributed by atoms with Crippen molar-refractivity contribution in [2.75, 3.05) is 5.75 Å². The molecule has 0 amide bonds. The molecule has 0 aliphatic heterocycles. The van der Waals surface area contributed by atoms with Crippen LogP contribution in [0.15, 0.2) is 59.5 Å². The van der Waals surface area contributed by atoms with Gasteiger partial charge in [0.2, 0.25) is 0 Å². The van der Waals surface area contributed by atoms with Gasteiger partial charge < -0.3 is 0 Å². The van der Waals surface area contributed by atoms with Gasteiger partial charge in [0, 0.05) is 4.90 Å². The summed E-state index contributed by atoms with van der Waals surface area (Å²) < 4.78 is 0. The van der Waals surface area contributed by atoms with E-state index in [9.17, 15) is 0 Å². The lowest BCUT2D eigenvalue weighted by atomic mass is 10.0. The molecule has 0 bridgehead atoms. The van der Waals surface area contributed by atoms with Gasteiger partial charge in [-0.1, -0.05) is 43.3 Å². The minimum atomic E-state index is 1.19. The van der Waals surface area contributed by atoms with Crippen LogP contribution in [0.5, 0.6) is 0 Å². The predicted octanol–water partition coefficient (Wildman–Crippen LogP) is 5.50. The molecule has 3 aromatic rings. The third kappa shape index (κ3) is 2.11. The first kappa shape index (κ1) is 11.6. The first-order valence-electron chi connectivity index (χ1n) is 6.43. The molecule has 0 aliphatic rings. The van der Waals surface area contributed by atoms with Crippen molar-refractivity contribution in [2.45, 2.75) is 18.2 Å². The Kier molecular flexibility index (Phi) is 3.24. The minimum Gasteiger partial charge on any atom is -0.126 e. The van der Waals surface area contributed by atoms with Crippen LogP contribution in [-0.4, -0.2) is 5.75 Å². The Morgan fingerprint density at radius 3 is 2.33 bits per heavy atom. The number of hydrogen-bond donors (Lipinski definition) is 0. The molecule has 0 spiro atoms. The van der Waals surface area contributed by atoms with Crippen LogP contribution in [0, 0.1) is 0 Å². The van der Waals surface area contributed by atoms with Crippen molar-refractivity contribution in [1.29, 1.82) is 0 Å². The van der Waals surface area contributed by atoms with Crippen molar-refractivity contribution >= 4 is 33.3 Å². The second-order valence-corrected chi connectivity index (χ2v) is 5.66. The fraction of sp³-hybridized carbons (Fsp3) is 0.176. The molecule has 0 aromatic heterocycles. The normalized spacial score (nSPS) is 11.2. The number of fused-ring (bicyclic) bond motifs is 2. The van der Waals surface area contributed by atoms with Crippen LogP contribution in [0.2, 0.25) is 0 Å². The second-order valence-electron chi connectivity index (χ2n) is 4.53. The summed E-state index contributed by atoms with van der Waals surface area (Å²) >= 11 is 1.96. The third-order valence-corrected chi connectivity index (χ3v) is 4.45. The van der Waals surface area contributed by atoms with Gasteiger partial charge in [-0.3, -0.25) is 0 Å². The lowest BCUT2D eigenvalue weighted by Gasteiger charge is -2.07. The number of rotatable bonds is 3. The molecule has 0 heterocycles. The van der Waals surface area contributed by atoms with E-state index in [0.29, 0.717) is 0 Å². The number of thioether (sulfide) groups is 1. The summed E-state index contributed by atoms with van der Waals surface area (Å²) in [5.41, 5.74) is 0. The zero-order valence-electron chi connectivity index (χ0n) is 10.5. The minimum absolute atomic E-state index is 1.19. The maximum absolute atomic E-state index is 2.32. The van der Waals surface area contributed by atoms with E-state index < -0.39 is 0 Å². The van der Waals surface area contributed by atoms with Crippen molar-refractivity contribution in [2.24, 2.45) is 0 Å². The van der Waals surface area contributed by atoms with Crippen molar-refractivity contribution in [3.63, 3.8) is 0 Å². The SMILES string of the molecule is CCCSc1cccc2cc3ccccc3cc12. The molecule has 0 atom stereocenters. The molecule has 0 saturated heterocycles. The Bertz CT molecular complexity index is 685. The van der Waals surface area contributed by atoms with Gasteiger partial charge in [-0.25, -0.2) is 0 Å². The number of benzene rings is 3. The summed E-state index contributed by atoms with van der Waals surface area (Å²) in [6.45, 7) is 2.23. The molecule has 0 nitrogen and oxygen atoms in total. The van der Waals surface area contributed by atoms with Crippen LogP contribution >= 0.6 is 11.8 Å². The van der Waals surface area contributed by atoms with Gasteiger partial charge in [0.05, 0.1) is 0 Å². The average molecular weight is 252 g/mol. The Morgan fingerprint density at radius 2 is 1.56 bits per heavy atom. The Balaban J connectivity index is 2.22. The first-order chi connectivity index (χ1) is 8.88. The lowest BCUT2D eigenvalue weighted by Crippen LogP contribution is -1.81. The summed E-state index contributed by atoms with van der Waals surface area (Å²) in [6.07, 6.45) is 1.22. The smallest absolute Gasteiger partial charge is 0.0151 e. The topological polar surface area (TPSA) is 0 Å². The fourth-order valence-corrected chi connectivity index (χ4v) is 3.21. The van der Waals surface area contributed by atoms with E-state index in [4.69, 9.17) is 0 Å². The average Bonchev–Trinajstić information content (AvgIpc) is 2.43. The van der Waals surface area contributed by atoms with Gasteiger partial charge >= 0.3 is 0 Å². The molecule has 3 rings (SSSR count). The summed E-state index contributed by atoms with van der Waals surface area (Å²) in [6, 6.07) is 19.8. The van der Waals surface area contributed by atoms with Gasteiger partial charge in [-0.05, 0) is 51.9 Å². The van der Waals surface area contributed by atoms with Crippen molar-refractivity contribution in [3.8, 4) is 0 Å². The Hall–Kier alpha value is -1.47. The van der Waals surface area contributed by atoms with E-state index in [0.717, 1.165) is 0 Å². The molecule has 0 unspecified atom stereocenters. The predicted molar refractivity (Wildman–Crippen MR) is 82.5 cm³/mol. The molecule has 18 heavy (non-hydrogen) atoms. The molecule has 0 N–H and O–H groups in total. The monoisotopic (exact) mass is 252 g/mol. The summed E-state index contributed by atoms with van der Waals surface area (Å²) in [7, 11) is 0. The van der Waals surface area contributed by atoms with E-state index in [-0.39, 0.29) is 0 Å². The van der Waals surface area contributed by atoms with E-state index in [1.807, 2.05) is 11.8 Å². The highest BCUT2D eigenvalue weighted by molar-refractivity contribution is 7.99.